The maximum Gasteiger partial charge on any atom is 0.303 e. The van der Waals surface area contributed by atoms with Gasteiger partial charge in [-0.2, -0.15) is 8.42 Å². The number of halogens is 2. The minimum absolute atomic E-state index is 0.00262. The van der Waals surface area contributed by atoms with Gasteiger partial charge >= 0.3 is 5.97 Å². The number of carboxylic acid groups (broad SMARTS) is 1. The predicted molar refractivity (Wildman–Crippen MR) is 261 cm³/mol. The molecule has 376 valence electrons. The Bertz CT molecular complexity index is 2660. The highest BCUT2D eigenvalue weighted by molar-refractivity contribution is 7.85. The molecule has 5 atom stereocenters. The molecule has 1 aliphatic rings. The average Bonchev–Trinajstić information content (AvgIpc) is 3.77. The van der Waals surface area contributed by atoms with Crippen LogP contribution in [0.4, 0.5) is 4.39 Å². The molecule has 70 heavy (non-hydrogen) atoms. The third kappa shape index (κ3) is 16.3. The summed E-state index contributed by atoms with van der Waals surface area (Å²) in [5.74, 6) is -6.69. The van der Waals surface area contributed by atoms with E-state index in [1.165, 1.54) is 35.2 Å². The minimum atomic E-state index is -4.34. The van der Waals surface area contributed by atoms with E-state index in [-0.39, 0.29) is 67.6 Å². The molecule has 4 aromatic rings. The number of fused-ring (bicyclic) bond motifs is 1. The highest BCUT2D eigenvalue weighted by atomic mass is 35.5. The van der Waals surface area contributed by atoms with E-state index in [1.807, 2.05) is 42.5 Å². The highest BCUT2D eigenvalue weighted by Gasteiger charge is 2.40. The van der Waals surface area contributed by atoms with Crippen molar-refractivity contribution in [3.8, 4) is 0 Å². The van der Waals surface area contributed by atoms with E-state index in [9.17, 15) is 56.0 Å². The van der Waals surface area contributed by atoms with Crippen LogP contribution in [0, 0.1) is 5.82 Å². The van der Waals surface area contributed by atoms with Crippen LogP contribution in [0.15, 0.2) is 84.9 Å². The molecule has 7 N–H and O–H groups in total. The van der Waals surface area contributed by atoms with Gasteiger partial charge in [-0.15, -0.1) is 0 Å². The quantitative estimate of drug-likeness (QED) is 0.0515. The van der Waals surface area contributed by atoms with Crippen molar-refractivity contribution in [1.82, 2.24) is 31.5 Å². The predicted octanol–water partition coefficient (Wildman–Crippen LogP) is 5.02. The number of likely N-dealkylation sites (tertiary alicyclic amines) is 1. The summed E-state index contributed by atoms with van der Waals surface area (Å²) in [5, 5.41) is 24.7. The molecule has 0 aliphatic carbocycles. The minimum Gasteiger partial charge on any atom is -0.481 e. The van der Waals surface area contributed by atoms with Crippen LogP contribution in [0.5, 0.6) is 0 Å². The molecule has 5 rings (SSSR count). The molecule has 6 amide bonds. The van der Waals surface area contributed by atoms with Crippen LogP contribution in [0.1, 0.15) is 99.7 Å². The topological polar surface area (TPSA) is 257 Å². The van der Waals surface area contributed by atoms with Crippen molar-refractivity contribution in [3.05, 3.63) is 118 Å². The Hall–Kier alpha value is -6.44. The lowest BCUT2D eigenvalue weighted by molar-refractivity contribution is -0.142. The zero-order chi connectivity index (χ0) is 51.3. The fourth-order valence-electron chi connectivity index (χ4n) is 8.30. The molecule has 1 aliphatic heterocycles. The fourth-order valence-corrected chi connectivity index (χ4v) is 9.13. The molecule has 1 fully saturated rings. The molecule has 4 aromatic carbocycles. The molecular formula is C50H60ClFN6O11S. The number of carbonyl (C=O) groups is 7. The molecule has 20 heteroatoms. The summed E-state index contributed by atoms with van der Waals surface area (Å²) in [6.45, 7) is 7.20. The van der Waals surface area contributed by atoms with Crippen molar-refractivity contribution < 1.29 is 56.0 Å². The summed E-state index contributed by atoms with van der Waals surface area (Å²) < 4.78 is 46.5. The van der Waals surface area contributed by atoms with Crippen molar-refractivity contribution in [3.63, 3.8) is 0 Å². The molecule has 17 nitrogen and oxygen atoms in total. The van der Waals surface area contributed by atoms with E-state index < -0.39 is 98.8 Å². The Morgan fingerprint density at radius 2 is 1.43 bits per heavy atom. The molecule has 0 aromatic heterocycles. The lowest BCUT2D eigenvalue weighted by atomic mass is 9.97. The average molecular weight is 1010 g/mol. The number of nitrogens with zero attached hydrogens (tertiary/aromatic N) is 1. The lowest BCUT2D eigenvalue weighted by Crippen LogP contribution is -2.59. The lowest BCUT2D eigenvalue weighted by Gasteiger charge is -2.31. The number of carboxylic acids is 1. The first-order valence-electron chi connectivity index (χ1n) is 23.0. The van der Waals surface area contributed by atoms with Gasteiger partial charge in [-0.1, -0.05) is 91.7 Å². The van der Waals surface area contributed by atoms with Gasteiger partial charge in [0.1, 0.15) is 41.8 Å². The van der Waals surface area contributed by atoms with Gasteiger partial charge in [0.05, 0.1) is 0 Å². The summed E-state index contributed by atoms with van der Waals surface area (Å²) in [6.07, 6.45) is 0.768. The van der Waals surface area contributed by atoms with Crippen molar-refractivity contribution in [1.29, 1.82) is 0 Å². The maximum absolute atomic E-state index is 14.5. The number of carbonyl (C=O) groups excluding carboxylic acids is 6. The summed E-state index contributed by atoms with van der Waals surface area (Å²) in [7, 11) is -4.34. The Labute approximate surface area is 411 Å². The standard InChI is InChI=1S/C50H60ClFN6O11S/c1-5-11-39(54-45(62)40(55-44(61)34-25-35(51)28-36(52)26-34)24-30-19-21-31(22-20-30)29-70(67,68)69)49(66)58-23-10-17-42(58)48(65)56-41(27-33-14-8-13-32-12-6-7-15-37(32)33)46(63)53-38(16-9-18-43(59)60)47(64)57-50(2,3)4/h6-8,12-15,19-22,25-26,28,38-42H,5,9-11,16-18,23-24,27,29H2,1-4H3,(H,53,63)(H,54,62)(H,55,61)(H,56,65)(H,57,64)(H,59,60)(H,67,68,69)/t38-,39-,40-,41-,42-/m0/s1. The van der Waals surface area contributed by atoms with Crippen LogP contribution >= 0.6 is 11.6 Å². The Morgan fingerprint density at radius 1 is 0.786 bits per heavy atom. The van der Waals surface area contributed by atoms with Gasteiger partial charge in [0.25, 0.3) is 16.0 Å². The van der Waals surface area contributed by atoms with Gasteiger partial charge < -0.3 is 36.6 Å². The second-order valence-electron chi connectivity index (χ2n) is 18.5. The first kappa shape index (κ1) is 54.5. The number of hydrogen-bond donors (Lipinski definition) is 7. The van der Waals surface area contributed by atoms with E-state index in [0.717, 1.165) is 22.9 Å². The first-order valence-corrected chi connectivity index (χ1v) is 25.0. The van der Waals surface area contributed by atoms with Crippen molar-refractivity contribution in [2.45, 2.75) is 127 Å². The number of aliphatic carboxylic acids is 1. The van der Waals surface area contributed by atoms with Crippen LogP contribution < -0.4 is 26.6 Å². The first-order chi connectivity index (χ1) is 33.0. The fraction of sp³-hybridized carbons (Fsp3) is 0.420. The zero-order valence-corrected chi connectivity index (χ0v) is 41.0. The van der Waals surface area contributed by atoms with Gasteiger partial charge in [0.15, 0.2) is 0 Å². The molecular weight excluding hydrogens is 947 g/mol. The Morgan fingerprint density at radius 3 is 2.07 bits per heavy atom. The largest absolute Gasteiger partial charge is 0.481 e. The van der Waals surface area contributed by atoms with E-state index in [2.05, 4.69) is 26.6 Å². The van der Waals surface area contributed by atoms with Crippen LogP contribution in [-0.2, 0) is 57.5 Å². The van der Waals surface area contributed by atoms with Crippen molar-refractivity contribution in [2.75, 3.05) is 6.54 Å². The van der Waals surface area contributed by atoms with Gasteiger partial charge in [0, 0.05) is 41.9 Å². The Kier molecular flexibility index (Phi) is 19.0. The molecule has 0 spiro atoms. The van der Waals surface area contributed by atoms with Crippen molar-refractivity contribution >= 4 is 73.9 Å². The van der Waals surface area contributed by atoms with E-state index in [0.29, 0.717) is 24.0 Å². The smallest absolute Gasteiger partial charge is 0.303 e. The van der Waals surface area contributed by atoms with Gasteiger partial charge in [0.2, 0.25) is 29.5 Å². The number of nitrogens with one attached hydrogen (secondary N) is 5. The SMILES string of the molecule is CCC[C@H](NC(=O)[C@H](Cc1ccc(CS(=O)(=O)O)cc1)NC(=O)c1cc(F)cc(Cl)c1)C(=O)N1CCC[C@H]1C(=O)N[C@@H](Cc1cccc2ccccc12)C(=O)N[C@@H](CCCC(=O)O)C(=O)NC(C)(C)C. The molecule has 0 saturated carbocycles. The highest BCUT2D eigenvalue weighted by Crippen LogP contribution is 2.24. The summed E-state index contributed by atoms with van der Waals surface area (Å²) in [4.78, 5) is 97.3. The zero-order valence-electron chi connectivity index (χ0n) is 39.4. The molecule has 0 bridgehead atoms. The van der Waals surface area contributed by atoms with Crippen LogP contribution in [0.25, 0.3) is 10.8 Å². The van der Waals surface area contributed by atoms with Gasteiger partial charge in [-0.05, 0) is 98.5 Å². The van der Waals surface area contributed by atoms with Crippen LogP contribution in [0.2, 0.25) is 5.02 Å². The molecule has 0 radical (unpaired) electrons. The number of benzene rings is 4. The summed E-state index contributed by atoms with van der Waals surface area (Å²) in [6, 6.07) is 15.9. The third-order valence-corrected chi connectivity index (χ3v) is 12.5. The van der Waals surface area contributed by atoms with Crippen LogP contribution in [0.3, 0.4) is 0 Å². The second kappa shape index (κ2) is 24.4. The normalized spacial score (nSPS) is 15.5. The number of rotatable bonds is 22. The van der Waals surface area contributed by atoms with E-state index >= 15 is 0 Å². The molecule has 0 unspecified atom stereocenters. The monoisotopic (exact) mass is 1010 g/mol. The van der Waals surface area contributed by atoms with Crippen molar-refractivity contribution in [2.24, 2.45) is 0 Å². The second-order valence-corrected chi connectivity index (χ2v) is 20.3. The Balaban J connectivity index is 1.40. The van der Waals surface area contributed by atoms with Gasteiger partial charge in [-0.25, -0.2) is 4.39 Å². The van der Waals surface area contributed by atoms with E-state index in [1.54, 1.807) is 27.7 Å². The molecule has 1 saturated heterocycles. The maximum atomic E-state index is 14.5. The number of amides is 6. The summed E-state index contributed by atoms with van der Waals surface area (Å²) in [5.41, 5.74) is 0.542. The third-order valence-electron chi connectivity index (χ3n) is 11.5. The van der Waals surface area contributed by atoms with E-state index in [4.69, 9.17) is 11.6 Å². The van der Waals surface area contributed by atoms with Crippen LogP contribution in [-0.4, -0.2) is 107 Å². The molecule has 1 heterocycles. The summed E-state index contributed by atoms with van der Waals surface area (Å²) >= 11 is 6.01. The van der Waals surface area contributed by atoms with Gasteiger partial charge in [-0.3, -0.25) is 38.1 Å². The number of hydrogen-bond acceptors (Lipinski definition) is 9.